The molecule has 0 N–H and O–H groups in total. The molecule has 3 rings (SSSR count). The summed E-state index contributed by atoms with van der Waals surface area (Å²) in [6.07, 6.45) is -1.05. The number of methoxy groups -OCH3 is 1. The lowest BCUT2D eigenvalue weighted by Crippen LogP contribution is -2.27. The van der Waals surface area contributed by atoms with Gasteiger partial charge < -0.3 is 9.47 Å². The van der Waals surface area contributed by atoms with E-state index in [1.54, 1.807) is 54.6 Å². The first-order chi connectivity index (χ1) is 15.2. The number of ether oxygens (including phenoxy) is 2. The quantitative estimate of drug-likeness (QED) is 0.379. The van der Waals surface area contributed by atoms with Gasteiger partial charge in [0.1, 0.15) is 5.75 Å². The van der Waals surface area contributed by atoms with Crippen molar-refractivity contribution < 1.29 is 27.5 Å². The number of benzene rings is 3. The molecule has 0 amide bonds. The van der Waals surface area contributed by atoms with Crippen LogP contribution in [-0.2, 0) is 14.8 Å². The number of ketones is 1. The predicted molar refractivity (Wildman–Crippen MR) is 121 cm³/mol. The van der Waals surface area contributed by atoms with Crippen molar-refractivity contribution in [2.24, 2.45) is 0 Å². The van der Waals surface area contributed by atoms with Crippen molar-refractivity contribution in [3.63, 3.8) is 0 Å². The van der Waals surface area contributed by atoms with Gasteiger partial charge in [0.05, 0.1) is 23.3 Å². The fraction of sp³-hybridized carbons (Fsp3) is 0.167. The number of carbonyl (C=O) groups is 2. The average Bonchev–Trinajstić information content (AvgIpc) is 2.83. The Balaban J connectivity index is 1.76. The topological polar surface area (TPSA) is 90.0 Å². The Morgan fingerprint density at radius 3 is 2.16 bits per heavy atom. The van der Waals surface area contributed by atoms with Gasteiger partial charge in [-0.05, 0) is 61.5 Å². The Bertz CT molecular complexity index is 1210. The summed E-state index contributed by atoms with van der Waals surface area (Å²) in [5.74, 6) is -0.572. The molecule has 0 spiro atoms. The van der Waals surface area contributed by atoms with Gasteiger partial charge in [-0.15, -0.1) is 0 Å². The van der Waals surface area contributed by atoms with E-state index in [4.69, 9.17) is 9.47 Å². The van der Waals surface area contributed by atoms with Crippen molar-refractivity contribution in [2.45, 2.75) is 17.9 Å². The van der Waals surface area contributed by atoms with Crippen LogP contribution in [0.3, 0.4) is 0 Å². The molecule has 166 valence electrons. The molecule has 0 aliphatic rings. The van der Waals surface area contributed by atoms with Crippen molar-refractivity contribution in [3.05, 3.63) is 90.0 Å². The minimum Gasteiger partial charge on any atom is -0.497 e. The Morgan fingerprint density at radius 1 is 0.875 bits per heavy atom. The third-order valence-corrected chi connectivity index (χ3v) is 6.66. The zero-order valence-corrected chi connectivity index (χ0v) is 18.7. The number of sulfonamides is 1. The highest BCUT2D eigenvalue weighted by molar-refractivity contribution is 7.92. The van der Waals surface area contributed by atoms with E-state index in [1.807, 2.05) is 0 Å². The van der Waals surface area contributed by atoms with Gasteiger partial charge in [-0.3, -0.25) is 9.10 Å². The molecule has 0 saturated heterocycles. The Kier molecular flexibility index (Phi) is 6.95. The highest BCUT2D eigenvalue weighted by Crippen LogP contribution is 2.23. The molecule has 0 aliphatic carbocycles. The number of para-hydroxylation sites is 1. The third-order valence-electron chi connectivity index (χ3n) is 4.88. The number of Topliss-reactive ketones (excluding diaryl/α,β-unsaturated/α-hetero) is 1. The van der Waals surface area contributed by atoms with Crippen LogP contribution in [0.25, 0.3) is 0 Å². The van der Waals surface area contributed by atoms with Crippen LogP contribution in [-0.4, -0.2) is 40.4 Å². The molecule has 3 aromatic carbocycles. The first kappa shape index (κ1) is 23.0. The van der Waals surface area contributed by atoms with Gasteiger partial charge in [0.2, 0.25) is 5.78 Å². The highest BCUT2D eigenvalue weighted by atomic mass is 32.2. The standard InChI is InChI=1S/C24H23NO6S/c1-17(23(26)18-12-14-21(30-3)15-13-18)31-24(27)19-8-7-11-22(16-19)32(28,29)25(2)20-9-5-4-6-10-20/h4-17H,1-3H3/t17-/m1/s1. The number of hydrogen-bond acceptors (Lipinski definition) is 6. The maximum atomic E-state index is 13.0. The van der Waals surface area contributed by atoms with E-state index < -0.39 is 22.1 Å². The number of anilines is 1. The number of carbonyl (C=O) groups excluding carboxylic acids is 2. The largest absolute Gasteiger partial charge is 0.497 e. The summed E-state index contributed by atoms with van der Waals surface area (Å²) < 4.78 is 37.5. The van der Waals surface area contributed by atoms with Gasteiger partial charge in [0.15, 0.2) is 6.10 Å². The van der Waals surface area contributed by atoms with E-state index in [-0.39, 0.29) is 16.2 Å². The fourth-order valence-corrected chi connectivity index (χ4v) is 4.23. The van der Waals surface area contributed by atoms with Crippen molar-refractivity contribution in [1.82, 2.24) is 0 Å². The summed E-state index contributed by atoms with van der Waals surface area (Å²) in [5, 5.41) is 0. The van der Waals surface area contributed by atoms with Gasteiger partial charge in [-0.2, -0.15) is 0 Å². The molecule has 0 unspecified atom stereocenters. The minimum absolute atomic E-state index is 0.0296. The summed E-state index contributed by atoms with van der Waals surface area (Å²) >= 11 is 0. The zero-order valence-electron chi connectivity index (χ0n) is 17.9. The SMILES string of the molecule is COc1ccc(C(=O)[C@@H](C)OC(=O)c2cccc(S(=O)(=O)N(C)c3ccccc3)c2)cc1. The third kappa shape index (κ3) is 4.97. The van der Waals surface area contributed by atoms with Crippen molar-refractivity contribution in [2.75, 3.05) is 18.5 Å². The van der Waals surface area contributed by atoms with Crippen molar-refractivity contribution >= 4 is 27.5 Å². The molecule has 0 aromatic heterocycles. The molecule has 7 nitrogen and oxygen atoms in total. The Labute approximate surface area is 187 Å². The van der Waals surface area contributed by atoms with Crippen LogP contribution in [0.15, 0.2) is 83.8 Å². The van der Waals surface area contributed by atoms with Crippen LogP contribution in [0, 0.1) is 0 Å². The van der Waals surface area contributed by atoms with Crippen LogP contribution in [0.1, 0.15) is 27.6 Å². The lowest BCUT2D eigenvalue weighted by Gasteiger charge is -2.20. The summed E-state index contributed by atoms with van der Waals surface area (Å²) in [7, 11) is -0.939. The summed E-state index contributed by atoms with van der Waals surface area (Å²) in [6, 6.07) is 20.6. The number of rotatable bonds is 8. The van der Waals surface area contributed by atoms with Crippen LogP contribution in [0.2, 0.25) is 0 Å². The number of hydrogen-bond donors (Lipinski definition) is 0. The molecule has 0 bridgehead atoms. The summed E-state index contributed by atoms with van der Waals surface area (Å²) in [4.78, 5) is 25.1. The second-order valence-corrected chi connectivity index (χ2v) is 8.95. The molecule has 0 radical (unpaired) electrons. The zero-order chi connectivity index (χ0) is 23.3. The van der Waals surface area contributed by atoms with Gasteiger partial charge >= 0.3 is 5.97 Å². The highest BCUT2D eigenvalue weighted by Gasteiger charge is 2.24. The van der Waals surface area contributed by atoms with Crippen LogP contribution < -0.4 is 9.04 Å². The molecular formula is C24H23NO6S. The molecule has 0 heterocycles. The minimum atomic E-state index is -3.90. The van der Waals surface area contributed by atoms with E-state index in [9.17, 15) is 18.0 Å². The second-order valence-electron chi connectivity index (χ2n) is 6.98. The summed E-state index contributed by atoms with van der Waals surface area (Å²) in [5.41, 5.74) is 0.882. The van der Waals surface area contributed by atoms with E-state index in [0.29, 0.717) is 17.0 Å². The second kappa shape index (κ2) is 9.65. The first-order valence-corrected chi connectivity index (χ1v) is 11.2. The van der Waals surface area contributed by atoms with E-state index in [1.165, 1.54) is 45.3 Å². The number of esters is 1. The molecule has 0 aliphatic heterocycles. The van der Waals surface area contributed by atoms with Crippen LogP contribution in [0.5, 0.6) is 5.75 Å². The molecule has 3 aromatic rings. The van der Waals surface area contributed by atoms with Gasteiger partial charge in [0, 0.05) is 12.6 Å². The lowest BCUT2D eigenvalue weighted by atomic mass is 10.1. The average molecular weight is 454 g/mol. The van der Waals surface area contributed by atoms with E-state index in [2.05, 4.69) is 0 Å². The first-order valence-electron chi connectivity index (χ1n) is 9.77. The number of nitrogens with zero attached hydrogens (tertiary/aromatic N) is 1. The van der Waals surface area contributed by atoms with Crippen molar-refractivity contribution in [1.29, 1.82) is 0 Å². The summed E-state index contributed by atoms with van der Waals surface area (Å²) in [6.45, 7) is 1.47. The molecule has 0 fully saturated rings. The van der Waals surface area contributed by atoms with Crippen LogP contribution in [0.4, 0.5) is 5.69 Å². The van der Waals surface area contributed by atoms with Gasteiger partial charge in [-0.1, -0.05) is 24.3 Å². The van der Waals surface area contributed by atoms with Crippen molar-refractivity contribution in [3.8, 4) is 5.75 Å². The molecular weight excluding hydrogens is 430 g/mol. The smallest absolute Gasteiger partial charge is 0.338 e. The Hall–Kier alpha value is -3.65. The Morgan fingerprint density at radius 2 is 1.53 bits per heavy atom. The monoisotopic (exact) mass is 453 g/mol. The molecule has 32 heavy (non-hydrogen) atoms. The predicted octanol–water partition coefficient (Wildman–Crippen LogP) is 3.95. The maximum Gasteiger partial charge on any atom is 0.338 e. The van der Waals surface area contributed by atoms with Crippen LogP contribution >= 0.6 is 0 Å². The van der Waals surface area contributed by atoms with E-state index >= 15 is 0 Å². The maximum absolute atomic E-state index is 13.0. The normalized spacial score (nSPS) is 12.0. The lowest BCUT2D eigenvalue weighted by molar-refractivity contribution is 0.0318. The fourth-order valence-electron chi connectivity index (χ4n) is 2.99. The molecule has 1 atom stereocenters. The van der Waals surface area contributed by atoms with Gasteiger partial charge in [-0.25, -0.2) is 13.2 Å². The van der Waals surface area contributed by atoms with E-state index in [0.717, 1.165) is 4.31 Å². The van der Waals surface area contributed by atoms with Gasteiger partial charge in [0.25, 0.3) is 10.0 Å². The molecule has 8 heteroatoms. The molecule has 0 saturated carbocycles.